The highest BCUT2D eigenvalue weighted by Gasteiger charge is 2.38. The summed E-state index contributed by atoms with van der Waals surface area (Å²) in [6.45, 7) is 3.48. The van der Waals surface area contributed by atoms with Crippen LogP contribution < -0.4 is 9.64 Å². The number of hydrogen-bond acceptors (Lipinski definition) is 5. The van der Waals surface area contributed by atoms with Crippen LogP contribution in [0.2, 0.25) is 5.02 Å². The van der Waals surface area contributed by atoms with Gasteiger partial charge in [0.25, 0.3) is 0 Å². The Labute approximate surface area is 174 Å². The van der Waals surface area contributed by atoms with Crippen molar-refractivity contribution in [3.8, 4) is 5.88 Å². The van der Waals surface area contributed by atoms with E-state index in [4.69, 9.17) is 16.3 Å². The van der Waals surface area contributed by atoms with Crippen LogP contribution in [0.4, 0.5) is 5.69 Å². The molecule has 0 radical (unpaired) electrons. The second kappa shape index (κ2) is 8.37. The number of likely N-dealkylation sites (tertiary alicyclic amines) is 1. The predicted octanol–water partition coefficient (Wildman–Crippen LogP) is 2.86. The van der Waals surface area contributed by atoms with E-state index in [0.29, 0.717) is 36.4 Å². The Morgan fingerprint density at radius 3 is 2.59 bits per heavy atom. The second-order valence-corrected chi connectivity index (χ2v) is 7.90. The number of amides is 2. The third kappa shape index (κ3) is 4.50. The third-order valence-corrected chi connectivity index (χ3v) is 5.66. The van der Waals surface area contributed by atoms with Crippen LogP contribution in [0, 0.1) is 12.8 Å². The van der Waals surface area contributed by atoms with Gasteiger partial charge in [-0.1, -0.05) is 11.6 Å². The molecule has 2 aromatic rings. The number of aryl methyl sites for hydroxylation is 1. The lowest BCUT2D eigenvalue weighted by Gasteiger charge is -2.33. The number of aromatic nitrogens is 2. The Kier molecular flexibility index (Phi) is 5.67. The molecule has 152 valence electrons. The van der Waals surface area contributed by atoms with Gasteiger partial charge in [-0.3, -0.25) is 9.59 Å². The summed E-state index contributed by atoms with van der Waals surface area (Å²) < 4.78 is 5.93. The van der Waals surface area contributed by atoms with Gasteiger partial charge in [0, 0.05) is 61.9 Å². The fourth-order valence-corrected chi connectivity index (χ4v) is 3.99. The van der Waals surface area contributed by atoms with Crippen LogP contribution in [-0.4, -0.2) is 52.4 Å². The first-order valence-electron chi connectivity index (χ1n) is 9.80. The lowest BCUT2D eigenvalue weighted by Crippen LogP contribution is -2.45. The van der Waals surface area contributed by atoms with Crippen molar-refractivity contribution in [1.29, 1.82) is 0 Å². The van der Waals surface area contributed by atoms with Crippen LogP contribution in [-0.2, 0) is 9.59 Å². The third-order valence-electron chi connectivity index (χ3n) is 5.40. The summed E-state index contributed by atoms with van der Waals surface area (Å²) in [7, 11) is 0. The van der Waals surface area contributed by atoms with Crippen LogP contribution in [0.5, 0.6) is 5.88 Å². The zero-order valence-electron chi connectivity index (χ0n) is 16.3. The number of anilines is 1. The van der Waals surface area contributed by atoms with Crippen molar-refractivity contribution in [3.05, 3.63) is 47.4 Å². The molecule has 0 saturated carbocycles. The van der Waals surface area contributed by atoms with Gasteiger partial charge in [0.1, 0.15) is 11.9 Å². The molecular formula is C21H23ClN4O3. The van der Waals surface area contributed by atoms with Crippen LogP contribution >= 0.6 is 11.6 Å². The summed E-state index contributed by atoms with van der Waals surface area (Å²) in [6.07, 6.45) is 3.45. The highest BCUT2D eigenvalue weighted by molar-refractivity contribution is 6.30. The molecule has 1 aromatic heterocycles. The van der Waals surface area contributed by atoms with Crippen molar-refractivity contribution in [2.75, 3.05) is 24.5 Å². The number of benzene rings is 1. The molecule has 2 aliphatic heterocycles. The predicted molar refractivity (Wildman–Crippen MR) is 109 cm³/mol. The Hall–Kier alpha value is -2.67. The average Bonchev–Trinajstić information content (AvgIpc) is 3.10. The lowest BCUT2D eigenvalue weighted by atomic mass is 10.0. The van der Waals surface area contributed by atoms with E-state index < -0.39 is 0 Å². The van der Waals surface area contributed by atoms with E-state index in [1.165, 1.54) is 0 Å². The molecule has 29 heavy (non-hydrogen) atoms. The van der Waals surface area contributed by atoms with Gasteiger partial charge in [0.2, 0.25) is 17.7 Å². The van der Waals surface area contributed by atoms with Crippen molar-refractivity contribution in [2.24, 2.45) is 5.92 Å². The normalized spacial score (nSPS) is 20.2. The van der Waals surface area contributed by atoms with E-state index in [9.17, 15) is 9.59 Å². The number of ether oxygens (including phenoxy) is 1. The van der Waals surface area contributed by atoms with E-state index in [-0.39, 0.29) is 30.3 Å². The first kappa shape index (κ1) is 19.6. The molecule has 3 heterocycles. The molecule has 1 aromatic carbocycles. The number of carbonyl (C=O) groups is 2. The van der Waals surface area contributed by atoms with Crippen molar-refractivity contribution in [1.82, 2.24) is 14.9 Å². The molecule has 1 atom stereocenters. The van der Waals surface area contributed by atoms with E-state index in [2.05, 4.69) is 9.97 Å². The Morgan fingerprint density at radius 1 is 1.17 bits per heavy atom. The molecule has 4 rings (SSSR count). The fraction of sp³-hybridized carbons (Fsp3) is 0.429. The van der Waals surface area contributed by atoms with Gasteiger partial charge >= 0.3 is 0 Å². The molecule has 2 saturated heterocycles. The van der Waals surface area contributed by atoms with Gasteiger partial charge in [0.05, 0.1) is 5.92 Å². The summed E-state index contributed by atoms with van der Waals surface area (Å²) in [5, 5.41) is 0.621. The maximum Gasteiger partial charge on any atom is 0.228 e. The minimum absolute atomic E-state index is 0.0250. The number of halogens is 1. The first-order valence-corrected chi connectivity index (χ1v) is 10.2. The Morgan fingerprint density at radius 2 is 1.90 bits per heavy atom. The van der Waals surface area contributed by atoms with Crippen molar-refractivity contribution >= 4 is 29.1 Å². The molecule has 7 nitrogen and oxygen atoms in total. The largest absolute Gasteiger partial charge is 0.474 e. The molecule has 1 unspecified atom stereocenters. The molecule has 0 N–H and O–H groups in total. The SMILES string of the molecule is Cc1nccc(OC2CCN(C(=O)C3CC(=O)N(c4ccc(Cl)cc4)C3)CC2)n1. The maximum atomic E-state index is 13.0. The van der Waals surface area contributed by atoms with Crippen LogP contribution in [0.1, 0.15) is 25.1 Å². The molecule has 0 bridgehead atoms. The number of hydrogen-bond donors (Lipinski definition) is 0. The van der Waals surface area contributed by atoms with Gasteiger partial charge in [-0.05, 0) is 31.2 Å². The van der Waals surface area contributed by atoms with Crippen molar-refractivity contribution < 1.29 is 14.3 Å². The lowest BCUT2D eigenvalue weighted by molar-refractivity contribution is -0.137. The highest BCUT2D eigenvalue weighted by Crippen LogP contribution is 2.28. The molecular weight excluding hydrogens is 392 g/mol. The average molecular weight is 415 g/mol. The maximum absolute atomic E-state index is 13.0. The minimum atomic E-state index is -0.305. The number of rotatable bonds is 4. The van der Waals surface area contributed by atoms with E-state index in [1.807, 2.05) is 24.0 Å². The summed E-state index contributed by atoms with van der Waals surface area (Å²) in [6, 6.07) is 8.88. The zero-order valence-corrected chi connectivity index (χ0v) is 17.0. The smallest absolute Gasteiger partial charge is 0.228 e. The number of carbonyl (C=O) groups excluding carboxylic acids is 2. The summed E-state index contributed by atoms with van der Waals surface area (Å²) in [5.74, 6) is 0.961. The second-order valence-electron chi connectivity index (χ2n) is 7.47. The summed E-state index contributed by atoms with van der Waals surface area (Å²) >= 11 is 5.92. The summed E-state index contributed by atoms with van der Waals surface area (Å²) in [5.41, 5.74) is 0.780. The number of piperidine rings is 1. The zero-order chi connectivity index (χ0) is 20.4. The van der Waals surface area contributed by atoms with E-state index in [0.717, 1.165) is 18.5 Å². The van der Waals surface area contributed by atoms with Crippen LogP contribution in [0.3, 0.4) is 0 Å². The molecule has 0 aliphatic carbocycles. The molecule has 2 fully saturated rings. The van der Waals surface area contributed by atoms with Crippen molar-refractivity contribution in [2.45, 2.75) is 32.3 Å². The minimum Gasteiger partial charge on any atom is -0.474 e. The molecule has 0 spiro atoms. The van der Waals surface area contributed by atoms with Gasteiger partial charge in [0.15, 0.2) is 0 Å². The first-order chi connectivity index (χ1) is 14.0. The standard InChI is InChI=1S/C21H23ClN4O3/c1-14-23-9-6-19(24-14)29-18-7-10-25(11-8-18)21(28)15-12-20(27)26(13-15)17-4-2-16(22)3-5-17/h2-6,9,15,18H,7-8,10-13H2,1H3. The van der Waals surface area contributed by atoms with Gasteiger partial charge in [-0.25, -0.2) is 4.98 Å². The molecule has 8 heteroatoms. The summed E-state index contributed by atoms with van der Waals surface area (Å²) in [4.78, 5) is 37.2. The van der Waals surface area contributed by atoms with Gasteiger partial charge in [-0.2, -0.15) is 4.98 Å². The molecule has 2 aliphatic rings. The molecule has 2 amide bonds. The highest BCUT2D eigenvalue weighted by atomic mass is 35.5. The number of nitrogens with zero attached hydrogens (tertiary/aromatic N) is 4. The topological polar surface area (TPSA) is 75.6 Å². The fourth-order valence-electron chi connectivity index (χ4n) is 3.87. The van der Waals surface area contributed by atoms with Crippen LogP contribution in [0.25, 0.3) is 0 Å². The Bertz CT molecular complexity index is 897. The van der Waals surface area contributed by atoms with Crippen LogP contribution in [0.15, 0.2) is 36.5 Å². The van der Waals surface area contributed by atoms with E-state index >= 15 is 0 Å². The van der Waals surface area contributed by atoms with Gasteiger partial charge in [-0.15, -0.1) is 0 Å². The van der Waals surface area contributed by atoms with E-state index in [1.54, 1.807) is 29.3 Å². The van der Waals surface area contributed by atoms with Crippen molar-refractivity contribution in [3.63, 3.8) is 0 Å². The Balaban J connectivity index is 1.31. The van der Waals surface area contributed by atoms with Gasteiger partial charge < -0.3 is 14.5 Å². The quantitative estimate of drug-likeness (QED) is 0.768. The monoisotopic (exact) mass is 414 g/mol.